The van der Waals surface area contributed by atoms with E-state index in [2.05, 4.69) is 10.3 Å². The third-order valence-corrected chi connectivity index (χ3v) is 2.99. The van der Waals surface area contributed by atoms with Crippen LogP contribution >= 0.6 is 12.4 Å². The third-order valence-electron chi connectivity index (χ3n) is 2.99. The molecule has 0 radical (unpaired) electrons. The molecule has 0 amide bonds. The molecule has 2 aromatic rings. The monoisotopic (exact) mass is 312 g/mol. The summed E-state index contributed by atoms with van der Waals surface area (Å²) >= 11 is 0. The van der Waals surface area contributed by atoms with E-state index in [9.17, 15) is 4.79 Å². The average Bonchev–Trinajstić information content (AvgIpc) is 2.46. The van der Waals surface area contributed by atoms with Crippen molar-refractivity contribution in [3.8, 4) is 5.75 Å². The van der Waals surface area contributed by atoms with Gasteiger partial charge in [0.25, 0.3) is 0 Å². The Labute approximate surface area is 129 Å². The minimum Gasteiger partial charge on any atom is -0.493 e. The van der Waals surface area contributed by atoms with E-state index in [0.29, 0.717) is 6.61 Å². The van der Waals surface area contributed by atoms with Gasteiger partial charge in [-0.2, -0.15) is 0 Å². The number of benzene rings is 1. The Bertz CT molecular complexity index is 601. The fraction of sp³-hybridized carbons (Fsp3) is 0.400. The normalized spacial score (nSPS) is 10.3. The number of aromatic amines is 1. The number of hydrogen-bond donors (Lipinski definition) is 3. The summed E-state index contributed by atoms with van der Waals surface area (Å²) in [6, 6.07) is 8.92. The highest BCUT2D eigenvalue weighted by Crippen LogP contribution is 2.22. The summed E-state index contributed by atoms with van der Waals surface area (Å²) in [4.78, 5) is 14.0. The van der Waals surface area contributed by atoms with Crippen LogP contribution in [0, 0.1) is 0 Å². The van der Waals surface area contributed by atoms with Gasteiger partial charge in [0.2, 0.25) is 5.56 Å². The highest BCUT2D eigenvalue weighted by Gasteiger charge is 2.02. The summed E-state index contributed by atoms with van der Waals surface area (Å²) < 4.78 is 5.75. The Morgan fingerprint density at radius 1 is 1.14 bits per heavy atom. The van der Waals surface area contributed by atoms with Crippen molar-refractivity contribution in [1.29, 1.82) is 0 Å². The number of fused-ring (bicyclic) bond motifs is 1. The quantitative estimate of drug-likeness (QED) is 0.649. The summed E-state index contributed by atoms with van der Waals surface area (Å²) in [5.41, 5.74) is 0.679. The Balaban J connectivity index is 0.00000220. The molecule has 116 valence electrons. The van der Waals surface area contributed by atoms with Gasteiger partial charge in [0.15, 0.2) is 0 Å². The molecule has 0 aliphatic carbocycles. The number of aromatic nitrogens is 1. The van der Waals surface area contributed by atoms with Gasteiger partial charge < -0.3 is 20.1 Å². The number of aliphatic hydroxyl groups is 1. The molecule has 0 aliphatic rings. The fourth-order valence-electron chi connectivity index (χ4n) is 1.99. The Hall–Kier alpha value is -1.56. The first-order valence-corrected chi connectivity index (χ1v) is 6.87. The molecule has 0 bridgehead atoms. The molecule has 1 aromatic carbocycles. The zero-order chi connectivity index (χ0) is 14.2. The maximum absolute atomic E-state index is 11.3. The molecule has 0 saturated carbocycles. The minimum atomic E-state index is -0.109. The molecule has 0 saturated heterocycles. The van der Waals surface area contributed by atoms with Crippen LogP contribution in [0.25, 0.3) is 10.9 Å². The van der Waals surface area contributed by atoms with Crippen LogP contribution in [-0.2, 0) is 0 Å². The van der Waals surface area contributed by atoms with E-state index >= 15 is 0 Å². The smallest absolute Gasteiger partial charge is 0.248 e. The molecule has 0 unspecified atom stereocenters. The molecule has 3 N–H and O–H groups in total. The van der Waals surface area contributed by atoms with Gasteiger partial charge in [-0.15, -0.1) is 12.4 Å². The number of ether oxygens (including phenoxy) is 1. The van der Waals surface area contributed by atoms with Gasteiger partial charge in [0, 0.05) is 18.1 Å². The maximum atomic E-state index is 11.3. The number of hydrogen-bond acceptors (Lipinski definition) is 4. The molecular formula is C15H21ClN2O3. The number of H-pyrrole nitrogens is 1. The van der Waals surface area contributed by atoms with Gasteiger partial charge in [-0.3, -0.25) is 4.79 Å². The van der Waals surface area contributed by atoms with Gasteiger partial charge in [-0.1, -0.05) is 6.07 Å². The molecule has 0 fully saturated rings. The van der Waals surface area contributed by atoms with Gasteiger partial charge in [-0.25, -0.2) is 0 Å². The lowest BCUT2D eigenvalue weighted by molar-refractivity contribution is 0.283. The lowest BCUT2D eigenvalue weighted by Crippen LogP contribution is -2.19. The highest BCUT2D eigenvalue weighted by atomic mass is 35.5. The Kier molecular flexibility index (Phi) is 7.82. The van der Waals surface area contributed by atoms with E-state index in [1.54, 1.807) is 6.07 Å². The summed E-state index contributed by atoms with van der Waals surface area (Å²) in [5, 5.41) is 12.8. The topological polar surface area (TPSA) is 74.3 Å². The van der Waals surface area contributed by atoms with Crippen LogP contribution in [0.3, 0.4) is 0 Å². The zero-order valence-electron chi connectivity index (χ0n) is 11.8. The van der Waals surface area contributed by atoms with E-state index in [-0.39, 0.29) is 24.6 Å². The van der Waals surface area contributed by atoms with Gasteiger partial charge in [0.05, 0.1) is 12.1 Å². The van der Waals surface area contributed by atoms with Crippen molar-refractivity contribution in [3.05, 3.63) is 40.7 Å². The molecule has 2 rings (SSSR count). The van der Waals surface area contributed by atoms with Crippen molar-refractivity contribution >= 4 is 23.3 Å². The highest BCUT2D eigenvalue weighted by molar-refractivity contribution is 5.85. The first kappa shape index (κ1) is 17.5. The fourth-order valence-corrected chi connectivity index (χ4v) is 1.99. The van der Waals surface area contributed by atoms with Gasteiger partial charge >= 0.3 is 0 Å². The van der Waals surface area contributed by atoms with E-state index in [1.165, 1.54) is 6.07 Å². The Morgan fingerprint density at radius 3 is 2.76 bits per heavy atom. The van der Waals surface area contributed by atoms with E-state index < -0.39 is 0 Å². The number of aliphatic hydroxyl groups excluding tert-OH is 1. The van der Waals surface area contributed by atoms with Gasteiger partial charge in [0.1, 0.15) is 5.75 Å². The largest absolute Gasteiger partial charge is 0.493 e. The molecule has 0 aliphatic heterocycles. The first-order valence-electron chi connectivity index (χ1n) is 6.87. The molecule has 1 heterocycles. The maximum Gasteiger partial charge on any atom is 0.248 e. The SMILES string of the molecule is Cl.O=c1ccc2c(OCCCNCCCO)cccc2[nH]1. The number of nitrogens with one attached hydrogen (secondary N) is 2. The van der Waals surface area contributed by atoms with Gasteiger partial charge in [-0.05, 0) is 44.1 Å². The standard InChI is InChI=1S/C15H20N2O3.ClH/c18-10-2-8-16-9-3-11-20-14-5-1-4-13-12(14)6-7-15(19)17-13;/h1,4-7,16,18H,2-3,8-11H2,(H,17,19);1H. The summed E-state index contributed by atoms with van der Waals surface area (Å²) in [6.45, 7) is 2.52. The first-order chi connectivity index (χ1) is 9.81. The van der Waals surface area contributed by atoms with Crippen LogP contribution in [0.1, 0.15) is 12.8 Å². The molecule has 21 heavy (non-hydrogen) atoms. The van der Waals surface area contributed by atoms with Crippen molar-refractivity contribution in [2.75, 3.05) is 26.3 Å². The van der Waals surface area contributed by atoms with E-state index in [4.69, 9.17) is 9.84 Å². The number of halogens is 1. The average molecular weight is 313 g/mol. The third kappa shape index (κ3) is 5.38. The summed E-state index contributed by atoms with van der Waals surface area (Å²) in [6.07, 6.45) is 1.67. The molecule has 5 nitrogen and oxygen atoms in total. The lowest BCUT2D eigenvalue weighted by atomic mass is 10.2. The summed E-state index contributed by atoms with van der Waals surface area (Å²) in [7, 11) is 0. The summed E-state index contributed by atoms with van der Waals surface area (Å²) in [5.74, 6) is 0.786. The molecule has 1 aromatic heterocycles. The number of pyridine rings is 1. The van der Waals surface area contributed by atoms with Crippen molar-refractivity contribution < 1.29 is 9.84 Å². The lowest BCUT2D eigenvalue weighted by Gasteiger charge is -2.09. The van der Waals surface area contributed by atoms with Crippen LogP contribution in [0.5, 0.6) is 5.75 Å². The van der Waals surface area contributed by atoms with E-state index in [0.717, 1.165) is 42.6 Å². The number of rotatable bonds is 8. The second-order valence-corrected chi connectivity index (χ2v) is 4.57. The second kappa shape index (κ2) is 9.39. The zero-order valence-corrected chi connectivity index (χ0v) is 12.6. The predicted molar refractivity (Wildman–Crippen MR) is 86.5 cm³/mol. The van der Waals surface area contributed by atoms with Crippen LogP contribution in [-0.4, -0.2) is 36.4 Å². The molecular weight excluding hydrogens is 292 g/mol. The van der Waals surface area contributed by atoms with Crippen molar-refractivity contribution in [3.63, 3.8) is 0 Å². The predicted octanol–water partition coefficient (Wildman–Crippen LogP) is 1.69. The van der Waals surface area contributed by atoms with E-state index in [1.807, 2.05) is 18.2 Å². The van der Waals surface area contributed by atoms with Crippen LogP contribution in [0.4, 0.5) is 0 Å². The van der Waals surface area contributed by atoms with Crippen molar-refractivity contribution in [1.82, 2.24) is 10.3 Å². The molecule has 0 atom stereocenters. The molecule has 0 spiro atoms. The van der Waals surface area contributed by atoms with Crippen LogP contribution in [0.2, 0.25) is 0 Å². The Morgan fingerprint density at radius 2 is 1.95 bits per heavy atom. The van der Waals surface area contributed by atoms with Crippen LogP contribution < -0.4 is 15.6 Å². The van der Waals surface area contributed by atoms with Crippen molar-refractivity contribution in [2.45, 2.75) is 12.8 Å². The minimum absolute atomic E-state index is 0. The second-order valence-electron chi connectivity index (χ2n) is 4.57. The van der Waals surface area contributed by atoms with Crippen LogP contribution in [0.15, 0.2) is 35.1 Å². The molecule has 6 heteroatoms. The van der Waals surface area contributed by atoms with Crippen molar-refractivity contribution in [2.24, 2.45) is 0 Å².